The molecule has 0 aliphatic heterocycles. The summed E-state index contributed by atoms with van der Waals surface area (Å²) in [5.41, 5.74) is 0. The van der Waals surface area contributed by atoms with E-state index >= 15 is 0 Å². The van der Waals surface area contributed by atoms with E-state index in [9.17, 15) is 5.11 Å². The van der Waals surface area contributed by atoms with Crippen molar-refractivity contribution < 1.29 is 14.6 Å². The van der Waals surface area contributed by atoms with E-state index in [1.165, 1.54) is 0 Å². The molecule has 0 aromatic rings. The molecule has 0 saturated carbocycles. The van der Waals surface area contributed by atoms with E-state index in [1.54, 1.807) is 7.11 Å². The van der Waals surface area contributed by atoms with Gasteiger partial charge < -0.3 is 19.9 Å². The van der Waals surface area contributed by atoms with Crippen LogP contribution in [0.4, 0.5) is 0 Å². The average Bonchev–Trinajstić information content (AvgIpc) is 2.19. The fourth-order valence-corrected chi connectivity index (χ4v) is 0.893. The van der Waals surface area contributed by atoms with Crippen LogP contribution < -0.4 is 5.32 Å². The largest absolute Gasteiger partial charge is 0.389 e. The predicted octanol–water partition coefficient (Wildman–Crippen LogP) is 0.176. The van der Waals surface area contributed by atoms with E-state index in [0.717, 1.165) is 13.0 Å². The number of hydrogen-bond donors (Lipinski definition) is 2. The predicted molar refractivity (Wildman–Crippen MR) is 56.4 cm³/mol. The van der Waals surface area contributed by atoms with Crippen LogP contribution in [0.15, 0.2) is 12.7 Å². The SMILES string of the molecule is C=CCCNCC(O)COCCOC. The Kier molecular flexibility index (Phi) is 10.3. The van der Waals surface area contributed by atoms with Crippen LogP contribution in [0.2, 0.25) is 0 Å². The minimum atomic E-state index is -0.448. The molecule has 1 unspecified atom stereocenters. The molecule has 0 heterocycles. The lowest BCUT2D eigenvalue weighted by molar-refractivity contribution is 0.0139. The highest BCUT2D eigenvalue weighted by Crippen LogP contribution is 1.85. The van der Waals surface area contributed by atoms with Gasteiger partial charge in [-0.1, -0.05) is 6.08 Å². The van der Waals surface area contributed by atoms with Crippen molar-refractivity contribution in [2.24, 2.45) is 0 Å². The second kappa shape index (κ2) is 10.7. The first-order valence-corrected chi connectivity index (χ1v) is 4.87. The van der Waals surface area contributed by atoms with Crippen LogP contribution in [0, 0.1) is 0 Å². The van der Waals surface area contributed by atoms with E-state index in [1.807, 2.05) is 6.08 Å². The minimum Gasteiger partial charge on any atom is -0.389 e. The molecule has 0 rings (SSSR count). The van der Waals surface area contributed by atoms with Crippen LogP contribution >= 0.6 is 0 Å². The molecule has 0 spiro atoms. The Labute approximate surface area is 85.9 Å². The van der Waals surface area contributed by atoms with Gasteiger partial charge in [-0.25, -0.2) is 0 Å². The lowest BCUT2D eigenvalue weighted by atomic mass is 10.3. The van der Waals surface area contributed by atoms with Gasteiger partial charge in [0.05, 0.1) is 25.9 Å². The van der Waals surface area contributed by atoms with Gasteiger partial charge in [0.1, 0.15) is 0 Å². The zero-order valence-electron chi connectivity index (χ0n) is 8.87. The highest BCUT2D eigenvalue weighted by atomic mass is 16.5. The first-order valence-electron chi connectivity index (χ1n) is 4.87. The van der Waals surface area contributed by atoms with Gasteiger partial charge in [0.15, 0.2) is 0 Å². The van der Waals surface area contributed by atoms with E-state index in [-0.39, 0.29) is 0 Å². The van der Waals surface area contributed by atoms with Crippen LogP contribution in [0.3, 0.4) is 0 Å². The molecule has 0 aromatic carbocycles. The standard InChI is InChI=1S/C10H21NO3/c1-3-4-5-11-8-10(12)9-14-7-6-13-2/h3,10-12H,1,4-9H2,2H3. The van der Waals surface area contributed by atoms with Crippen LogP contribution in [0.1, 0.15) is 6.42 Å². The Morgan fingerprint density at radius 3 is 2.93 bits per heavy atom. The summed E-state index contributed by atoms with van der Waals surface area (Å²) in [4.78, 5) is 0. The Morgan fingerprint density at radius 1 is 1.50 bits per heavy atom. The van der Waals surface area contributed by atoms with Crippen molar-refractivity contribution in [2.45, 2.75) is 12.5 Å². The molecule has 0 saturated heterocycles. The number of ether oxygens (including phenoxy) is 2. The van der Waals surface area contributed by atoms with E-state index < -0.39 is 6.10 Å². The van der Waals surface area contributed by atoms with E-state index in [0.29, 0.717) is 26.4 Å². The number of rotatable bonds is 10. The van der Waals surface area contributed by atoms with Crippen LogP contribution in [-0.4, -0.2) is 51.2 Å². The van der Waals surface area contributed by atoms with Gasteiger partial charge in [0, 0.05) is 13.7 Å². The van der Waals surface area contributed by atoms with Gasteiger partial charge >= 0.3 is 0 Å². The fraction of sp³-hybridized carbons (Fsp3) is 0.800. The Bertz CT molecular complexity index is 131. The number of methoxy groups -OCH3 is 1. The highest BCUT2D eigenvalue weighted by molar-refractivity contribution is 4.68. The number of hydrogen-bond acceptors (Lipinski definition) is 4. The van der Waals surface area contributed by atoms with Crippen molar-refractivity contribution in [3.63, 3.8) is 0 Å². The fourth-order valence-electron chi connectivity index (χ4n) is 0.893. The van der Waals surface area contributed by atoms with Crippen molar-refractivity contribution in [1.82, 2.24) is 5.32 Å². The molecule has 4 heteroatoms. The third kappa shape index (κ3) is 9.67. The molecular formula is C10H21NO3. The maximum Gasteiger partial charge on any atom is 0.0897 e. The number of aliphatic hydroxyl groups excluding tert-OH is 1. The quantitative estimate of drug-likeness (QED) is 0.393. The topological polar surface area (TPSA) is 50.7 Å². The number of nitrogens with one attached hydrogen (secondary N) is 1. The summed E-state index contributed by atoms with van der Waals surface area (Å²) in [5.74, 6) is 0. The monoisotopic (exact) mass is 203 g/mol. The van der Waals surface area contributed by atoms with Gasteiger partial charge in [0.2, 0.25) is 0 Å². The molecule has 14 heavy (non-hydrogen) atoms. The van der Waals surface area contributed by atoms with Crippen molar-refractivity contribution in [2.75, 3.05) is 40.0 Å². The molecule has 0 aliphatic rings. The summed E-state index contributed by atoms with van der Waals surface area (Å²) < 4.78 is 9.96. The summed E-state index contributed by atoms with van der Waals surface area (Å²) in [6, 6.07) is 0. The molecule has 0 fully saturated rings. The van der Waals surface area contributed by atoms with Gasteiger partial charge in [0.25, 0.3) is 0 Å². The first kappa shape index (κ1) is 13.6. The molecule has 0 radical (unpaired) electrons. The summed E-state index contributed by atoms with van der Waals surface area (Å²) in [5, 5.41) is 12.5. The Hall–Kier alpha value is -0.420. The molecule has 84 valence electrons. The third-order valence-electron chi connectivity index (χ3n) is 1.65. The third-order valence-corrected chi connectivity index (χ3v) is 1.65. The molecule has 0 amide bonds. The average molecular weight is 203 g/mol. The smallest absolute Gasteiger partial charge is 0.0897 e. The summed E-state index contributed by atoms with van der Waals surface area (Å²) in [6.45, 7) is 6.45. The van der Waals surface area contributed by atoms with Gasteiger partial charge in [-0.15, -0.1) is 6.58 Å². The van der Waals surface area contributed by atoms with Crippen LogP contribution in [0.25, 0.3) is 0 Å². The van der Waals surface area contributed by atoms with Gasteiger partial charge in [-0.3, -0.25) is 0 Å². The molecule has 4 nitrogen and oxygen atoms in total. The van der Waals surface area contributed by atoms with Crippen LogP contribution in [-0.2, 0) is 9.47 Å². The van der Waals surface area contributed by atoms with Crippen molar-refractivity contribution >= 4 is 0 Å². The maximum atomic E-state index is 9.39. The lowest BCUT2D eigenvalue weighted by Crippen LogP contribution is -2.31. The second-order valence-electron chi connectivity index (χ2n) is 3.00. The summed E-state index contributed by atoms with van der Waals surface area (Å²) in [7, 11) is 1.62. The maximum absolute atomic E-state index is 9.39. The van der Waals surface area contributed by atoms with E-state index in [4.69, 9.17) is 9.47 Å². The minimum absolute atomic E-state index is 0.352. The molecular weight excluding hydrogens is 182 g/mol. The zero-order valence-corrected chi connectivity index (χ0v) is 8.87. The Morgan fingerprint density at radius 2 is 2.29 bits per heavy atom. The normalized spacial score (nSPS) is 12.7. The lowest BCUT2D eigenvalue weighted by Gasteiger charge is -2.11. The molecule has 0 aliphatic carbocycles. The molecule has 1 atom stereocenters. The van der Waals surface area contributed by atoms with Gasteiger partial charge in [-0.2, -0.15) is 0 Å². The summed E-state index contributed by atoms with van der Waals surface area (Å²) >= 11 is 0. The molecule has 0 aromatic heterocycles. The van der Waals surface area contributed by atoms with Crippen molar-refractivity contribution in [1.29, 1.82) is 0 Å². The second-order valence-corrected chi connectivity index (χ2v) is 3.00. The van der Waals surface area contributed by atoms with Crippen LogP contribution in [0.5, 0.6) is 0 Å². The van der Waals surface area contributed by atoms with Crippen molar-refractivity contribution in [3.8, 4) is 0 Å². The van der Waals surface area contributed by atoms with E-state index in [2.05, 4.69) is 11.9 Å². The van der Waals surface area contributed by atoms with Crippen molar-refractivity contribution in [3.05, 3.63) is 12.7 Å². The highest BCUT2D eigenvalue weighted by Gasteiger charge is 2.02. The zero-order chi connectivity index (χ0) is 10.6. The summed E-state index contributed by atoms with van der Waals surface area (Å²) in [6.07, 6.45) is 2.31. The molecule has 2 N–H and O–H groups in total. The van der Waals surface area contributed by atoms with Gasteiger partial charge in [-0.05, 0) is 13.0 Å². The number of aliphatic hydroxyl groups is 1. The Balaban J connectivity index is 3.10. The molecule has 0 bridgehead atoms. The first-order chi connectivity index (χ1) is 6.81.